The molecule has 0 aromatic carbocycles. The number of nitrogens with zero attached hydrogens (tertiary/aromatic N) is 3. The second kappa shape index (κ2) is 4.75. The molecule has 0 radical (unpaired) electrons. The number of hydrogen-bond donors (Lipinski definition) is 3. The van der Waals surface area contributed by atoms with Crippen molar-refractivity contribution in [2.24, 2.45) is 0 Å². The highest BCUT2D eigenvalue weighted by Crippen LogP contribution is 2.24. The molecule has 6 nitrogen and oxygen atoms in total. The van der Waals surface area contributed by atoms with Crippen LogP contribution in [0.2, 0.25) is 0 Å². The molecule has 6 heteroatoms. The molecule has 1 aliphatic heterocycles. The number of hydrogen-bond acceptors (Lipinski definition) is 6. The van der Waals surface area contributed by atoms with E-state index in [0.29, 0.717) is 11.9 Å². The number of nitrogens with one attached hydrogen (secondary N) is 1. The zero-order valence-corrected chi connectivity index (χ0v) is 10.4. The van der Waals surface area contributed by atoms with Crippen LogP contribution in [0.1, 0.15) is 19.4 Å². The van der Waals surface area contributed by atoms with Gasteiger partial charge in [-0.3, -0.25) is 0 Å². The highest BCUT2D eigenvalue weighted by molar-refractivity contribution is 5.60. The second-order valence-electron chi connectivity index (χ2n) is 4.42. The fourth-order valence-electron chi connectivity index (χ4n) is 2.23. The molecule has 94 valence electrons. The molecule has 0 spiro atoms. The lowest BCUT2D eigenvalue weighted by Gasteiger charge is -2.34. The summed E-state index contributed by atoms with van der Waals surface area (Å²) in [6.45, 7) is 7.01. The van der Waals surface area contributed by atoms with E-state index in [1.165, 1.54) is 0 Å². The molecule has 0 bridgehead atoms. The summed E-state index contributed by atoms with van der Waals surface area (Å²) in [5.41, 5.74) is 12.6. The molecule has 1 aromatic rings. The van der Waals surface area contributed by atoms with Crippen molar-refractivity contribution >= 4 is 17.6 Å². The Morgan fingerprint density at radius 2 is 2.18 bits per heavy atom. The van der Waals surface area contributed by atoms with Crippen molar-refractivity contribution in [3.63, 3.8) is 0 Å². The monoisotopic (exact) mass is 236 g/mol. The summed E-state index contributed by atoms with van der Waals surface area (Å²) >= 11 is 0. The standard InChI is InChI=1S/C11H20N6/c1-3-8-9(12)15-11(13)16-10(8)17-5-4-14-7(2)6-17/h7,14H,3-6H2,1-2H3,(H4,12,13,15,16)/t7-/m0/s1. The minimum absolute atomic E-state index is 0.251. The molecule has 0 aliphatic carbocycles. The minimum Gasteiger partial charge on any atom is -0.383 e. The summed E-state index contributed by atoms with van der Waals surface area (Å²) in [5, 5.41) is 3.40. The Balaban J connectivity index is 2.35. The van der Waals surface area contributed by atoms with Crippen LogP contribution in [0.3, 0.4) is 0 Å². The molecule has 1 saturated heterocycles. The fraction of sp³-hybridized carbons (Fsp3) is 0.636. The molecule has 2 heterocycles. The third-order valence-electron chi connectivity index (χ3n) is 3.06. The van der Waals surface area contributed by atoms with Gasteiger partial charge in [-0.2, -0.15) is 9.97 Å². The number of anilines is 3. The highest BCUT2D eigenvalue weighted by atomic mass is 15.3. The van der Waals surface area contributed by atoms with Gasteiger partial charge in [0.05, 0.1) is 0 Å². The van der Waals surface area contributed by atoms with E-state index < -0.39 is 0 Å². The molecule has 1 atom stereocenters. The smallest absolute Gasteiger partial charge is 0.223 e. The van der Waals surface area contributed by atoms with Crippen molar-refractivity contribution in [1.82, 2.24) is 15.3 Å². The van der Waals surface area contributed by atoms with Gasteiger partial charge in [-0.15, -0.1) is 0 Å². The first-order valence-corrected chi connectivity index (χ1v) is 6.02. The average Bonchev–Trinajstić information content (AvgIpc) is 2.28. The Labute approximate surface area is 101 Å². The van der Waals surface area contributed by atoms with Gasteiger partial charge < -0.3 is 21.7 Å². The van der Waals surface area contributed by atoms with Crippen LogP contribution in [0.4, 0.5) is 17.6 Å². The Hall–Kier alpha value is -1.56. The molecular formula is C11H20N6. The van der Waals surface area contributed by atoms with E-state index in [2.05, 4.69) is 34.0 Å². The molecule has 0 amide bonds. The van der Waals surface area contributed by atoms with Crippen LogP contribution in [0.25, 0.3) is 0 Å². The van der Waals surface area contributed by atoms with Gasteiger partial charge in [-0.05, 0) is 13.3 Å². The number of rotatable bonds is 2. The van der Waals surface area contributed by atoms with E-state index in [0.717, 1.165) is 37.4 Å². The van der Waals surface area contributed by atoms with Crippen LogP contribution >= 0.6 is 0 Å². The van der Waals surface area contributed by atoms with Crippen molar-refractivity contribution < 1.29 is 0 Å². The van der Waals surface area contributed by atoms with E-state index in [-0.39, 0.29) is 5.95 Å². The summed E-state index contributed by atoms with van der Waals surface area (Å²) in [4.78, 5) is 10.6. The van der Waals surface area contributed by atoms with E-state index in [1.54, 1.807) is 0 Å². The van der Waals surface area contributed by atoms with Gasteiger partial charge in [0.2, 0.25) is 5.95 Å². The van der Waals surface area contributed by atoms with Gasteiger partial charge in [0.1, 0.15) is 11.6 Å². The molecule has 17 heavy (non-hydrogen) atoms. The zero-order chi connectivity index (χ0) is 12.4. The molecule has 0 unspecified atom stereocenters. The van der Waals surface area contributed by atoms with E-state index in [4.69, 9.17) is 11.5 Å². The topological polar surface area (TPSA) is 93.1 Å². The predicted octanol–water partition coefficient (Wildman–Crippen LogP) is 0.00150. The molecule has 1 fully saturated rings. The summed E-state index contributed by atoms with van der Waals surface area (Å²) in [6, 6.07) is 0.450. The maximum Gasteiger partial charge on any atom is 0.223 e. The molecule has 0 saturated carbocycles. The Kier molecular flexibility index (Phi) is 3.33. The molecule has 1 aromatic heterocycles. The van der Waals surface area contributed by atoms with Crippen LogP contribution in [-0.4, -0.2) is 35.6 Å². The maximum atomic E-state index is 5.90. The quantitative estimate of drug-likeness (QED) is 0.669. The molecular weight excluding hydrogens is 216 g/mol. The zero-order valence-electron chi connectivity index (χ0n) is 10.4. The summed E-state index contributed by atoms with van der Waals surface area (Å²) in [5.74, 6) is 1.65. The lowest BCUT2D eigenvalue weighted by atomic mass is 10.1. The number of aromatic nitrogens is 2. The average molecular weight is 236 g/mol. The Morgan fingerprint density at radius 1 is 1.41 bits per heavy atom. The summed E-state index contributed by atoms with van der Waals surface area (Å²) in [6.07, 6.45) is 0.819. The number of piperazine rings is 1. The fourth-order valence-corrected chi connectivity index (χ4v) is 2.23. The van der Waals surface area contributed by atoms with Crippen LogP contribution in [0, 0.1) is 0 Å². The normalized spacial score (nSPS) is 20.6. The van der Waals surface area contributed by atoms with Crippen molar-refractivity contribution in [1.29, 1.82) is 0 Å². The van der Waals surface area contributed by atoms with Crippen molar-refractivity contribution in [2.75, 3.05) is 36.0 Å². The van der Waals surface area contributed by atoms with Crippen molar-refractivity contribution in [3.8, 4) is 0 Å². The number of nitrogens with two attached hydrogens (primary N) is 2. The van der Waals surface area contributed by atoms with E-state index >= 15 is 0 Å². The maximum absolute atomic E-state index is 5.90. The lowest BCUT2D eigenvalue weighted by Crippen LogP contribution is -2.50. The summed E-state index contributed by atoms with van der Waals surface area (Å²) < 4.78 is 0. The van der Waals surface area contributed by atoms with E-state index in [9.17, 15) is 0 Å². The van der Waals surface area contributed by atoms with Gasteiger partial charge in [-0.25, -0.2) is 0 Å². The minimum atomic E-state index is 0.251. The van der Waals surface area contributed by atoms with E-state index in [1.807, 2.05) is 0 Å². The molecule has 2 rings (SSSR count). The number of nitrogen functional groups attached to an aromatic ring is 2. The van der Waals surface area contributed by atoms with Gasteiger partial charge in [0.15, 0.2) is 0 Å². The second-order valence-corrected chi connectivity index (χ2v) is 4.42. The first-order valence-electron chi connectivity index (χ1n) is 6.02. The first kappa shape index (κ1) is 11.9. The molecule has 1 aliphatic rings. The Bertz CT molecular complexity index is 405. The highest BCUT2D eigenvalue weighted by Gasteiger charge is 2.21. The third-order valence-corrected chi connectivity index (χ3v) is 3.06. The van der Waals surface area contributed by atoms with Crippen molar-refractivity contribution in [2.45, 2.75) is 26.3 Å². The largest absolute Gasteiger partial charge is 0.383 e. The molecule has 5 N–H and O–H groups in total. The third kappa shape index (κ3) is 2.41. The summed E-state index contributed by atoms with van der Waals surface area (Å²) in [7, 11) is 0. The SMILES string of the molecule is CCc1c(N)nc(N)nc1N1CCN[C@@H](C)C1. The lowest BCUT2D eigenvalue weighted by molar-refractivity contribution is 0.481. The Morgan fingerprint density at radius 3 is 2.82 bits per heavy atom. The van der Waals surface area contributed by atoms with Gasteiger partial charge >= 0.3 is 0 Å². The predicted molar refractivity (Wildman–Crippen MR) is 69.9 cm³/mol. The van der Waals surface area contributed by atoms with Crippen LogP contribution in [0.15, 0.2) is 0 Å². The van der Waals surface area contributed by atoms with Gasteiger partial charge in [0.25, 0.3) is 0 Å². The van der Waals surface area contributed by atoms with Crippen LogP contribution in [-0.2, 0) is 6.42 Å². The van der Waals surface area contributed by atoms with Gasteiger partial charge in [0, 0.05) is 31.2 Å². The van der Waals surface area contributed by atoms with Crippen LogP contribution in [0.5, 0.6) is 0 Å². The van der Waals surface area contributed by atoms with Crippen molar-refractivity contribution in [3.05, 3.63) is 5.56 Å². The van der Waals surface area contributed by atoms with Crippen LogP contribution < -0.4 is 21.7 Å². The first-order chi connectivity index (χ1) is 8.11. The van der Waals surface area contributed by atoms with Gasteiger partial charge in [-0.1, -0.05) is 6.92 Å².